The summed E-state index contributed by atoms with van der Waals surface area (Å²) in [7, 11) is 0. The Bertz CT molecular complexity index is 2290. The second-order valence-corrected chi connectivity index (χ2v) is 11.8. The highest BCUT2D eigenvalue weighted by Gasteiger charge is 1.99. The van der Waals surface area contributed by atoms with E-state index in [2.05, 4.69) is 0 Å². The van der Waals surface area contributed by atoms with Gasteiger partial charge in [0.1, 0.15) is 22.3 Å². The van der Waals surface area contributed by atoms with Gasteiger partial charge in [-0.3, -0.25) is 19.9 Å². The minimum Gasteiger partial charge on any atom is -0.457 e. The molecule has 0 aliphatic rings. The van der Waals surface area contributed by atoms with Crippen LogP contribution in [0.25, 0.3) is 66.5 Å². The minimum absolute atomic E-state index is 0.709. The van der Waals surface area contributed by atoms with Gasteiger partial charge in [0.2, 0.25) is 0 Å². The lowest BCUT2D eigenvalue weighted by Crippen LogP contribution is -1.86. The molecule has 12 bridgehead atoms. The van der Waals surface area contributed by atoms with Gasteiger partial charge in [-0.15, -0.1) is 0 Å². The van der Waals surface area contributed by atoms with Crippen LogP contribution in [0.1, 0.15) is 22.8 Å². The van der Waals surface area contributed by atoms with Crippen LogP contribution in [0.2, 0.25) is 0 Å². The van der Waals surface area contributed by atoms with Crippen molar-refractivity contribution in [1.29, 1.82) is 0 Å². The van der Waals surface area contributed by atoms with E-state index in [0.717, 1.165) is 66.9 Å². The third kappa shape index (κ3) is 7.77. The average Bonchev–Trinajstić information content (AvgIpc) is 3.14. The monoisotopic (exact) mass is 654 g/mol. The third-order valence-electron chi connectivity index (χ3n) is 7.99. The van der Waals surface area contributed by atoms with Crippen molar-refractivity contribution in [1.82, 2.24) is 29.9 Å². The van der Waals surface area contributed by atoms with E-state index in [1.807, 2.05) is 161 Å². The second kappa shape index (κ2) is 14.3. The van der Waals surface area contributed by atoms with Crippen LogP contribution in [0.15, 0.2) is 142 Å². The van der Waals surface area contributed by atoms with Gasteiger partial charge in [-0.1, -0.05) is 12.1 Å². The first-order valence-electron chi connectivity index (χ1n) is 16.3. The number of benzene rings is 4. The van der Waals surface area contributed by atoms with E-state index in [0.29, 0.717) is 22.3 Å². The van der Waals surface area contributed by atoms with Crippen molar-refractivity contribution in [2.45, 2.75) is 27.7 Å². The number of hydrogen-bond acceptors (Lipinski definition) is 8. The molecule has 0 atom stereocenters. The largest absolute Gasteiger partial charge is 0.457 e. The van der Waals surface area contributed by atoms with Gasteiger partial charge in [-0.05, 0) is 149 Å². The molecule has 9 aromatic heterocycles. The second-order valence-electron chi connectivity index (χ2n) is 11.8. The number of pyridine rings is 2. The maximum absolute atomic E-state index is 6.10. The number of hydrogen-bond donors (Lipinski definition) is 0. The Hall–Kier alpha value is -6.54. The normalized spacial score (nSPS) is 10.8. The van der Waals surface area contributed by atoms with Crippen molar-refractivity contribution in [3.8, 4) is 0 Å². The summed E-state index contributed by atoms with van der Waals surface area (Å²) in [5, 5.41) is 0. The summed E-state index contributed by atoms with van der Waals surface area (Å²) >= 11 is 0. The van der Waals surface area contributed by atoms with E-state index < -0.39 is 0 Å². The molecule has 0 aliphatic heterocycles. The molecule has 0 fully saturated rings. The van der Waals surface area contributed by atoms with Crippen LogP contribution in [-0.4, -0.2) is 29.9 Å². The van der Waals surface area contributed by atoms with E-state index in [1.165, 1.54) is 0 Å². The molecule has 0 saturated heterocycles. The van der Waals surface area contributed by atoms with Gasteiger partial charge in [0, 0.05) is 0 Å². The van der Waals surface area contributed by atoms with E-state index in [-0.39, 0.29) is 0 Å². The lowest BCUT2D eigenvalue weighted by molar-refractivity contribution is 0.655. The number of aromatic nitrogens is 6. The fourth-order valence-electron chi connectivity index (χ4n) is 5.31. The quantitative estimate of drug-likeness (QED) is 0.159. The molecule has 0 N–H and O–H groups in total. The smallest absolute Gasteiger partial charge is 0.127 e. The van der Waals surface area contributed by atoms with Crippen LogP contribution in [0.3, 0.4) is 0 Å². The summed E-state index contributed by atoms with van der Waals surface area (Å²) in [6.07, 6.45) is 0. The first-order valence-corrected chi connectivity index (χ1v) is 16.3. The Labute approximate surface area is 288 Å². The van der Waals surface area contributed by atoms with Crippen LogP contribution in [-0.2, 0) is 0 Å². The van der Waals surface area contributed by atoms with Crippen LogP contribution < -0.4 is 0 Å². The Morgan fingerprint density at radius 2 is 0.500 bits per heavy atom. The summed E-state index contributed by atoms with van der Waals surface area (Å²) < 4.78 is 12.2. The molecule has 50 heavy (non-hydrogen) atoms. The van der Waals surface area contributed by atoms with Gasteiger partial charge < -0.3 is 8.83 Å². The lowest BCUT2D eigenvalue weighted by Gasteiger charge is -1.98. The molecule has 0 aliphatic carbocycles. The number of nitrogens with zero attached hydrogens (tertiary/aromatic N) is 6. The molecule has 0 unspecified atom stereocenters. The van der Waals surface area contributed by atoms with Crippen molar-refractivity contribution >= 4 is 66.5 Å². The zero-order valence-corrected chi connectivity index (χ0v) is 28.2. The summed E-state index contributed by atoms with van der Waals surface area (Å²) in [6.45, 7) is 7.81. The summed E-state index contributed by atoms with van der Waals surface area (Å²) in [5.74, 6) is 0. The summed E-state index contributed by atoms with van der Waals surface area (Å²) in [4.78, 5) is 28.9. The van der Waals surface area contributed by atoms with Gasteiger partial charge in [0.25, 0.3) is 0 Å². The highest BCUT2D eigenvalue weighted by atomic mass is 16.3. The zero-order chi connectivity index (χ0) is 34.5. The summed E-state index contributed by atoms with van der Waals surface area (Å²) in [5.41, 5.74) is 12.3. The van der Waals surface area contributed by atoms with Crippen molar-refractivity contribution in [3.05, 3.63) is 156 Å². The topological polar surface area (TPSA) is 104 Å². The van der Waals surface area contributed by atoms with Crippen LogP contribution in [0.4, 0.5) is 0 Å². The first-order chi connectivity index (χ1) is 24.3. The van der Waals surface area contributed by atoms with Gasteiger partial charge in [0.05, 0.1) is 66.9 Å². The molecule has 8 heteroatoms. The molecular formula is C42H34N6O2. The Balaban J connectivity index is 1.40. The molecule has 13 rings (SSSR count). The highest BCUT2D eigenvalue weighted by molar-refractivity contribution is 5.65. The van der Waals surface area contributed by atoms with Gasteiger partial charge in [-0.2, -0.15) is 0 Å². The third-order valence-corrected chi connectivity index (χ3v) is 7.99. The molecule has 13 aromatic rings. The first kappa shape index (κ1) is 32.0. The van der Waals surface area contributed by atoms with Crippen LogP contribution in [0, 0.1) is 27.7 Å². The number of rotatable bonds is 0. The maximum atomic E-state index is 6.10. The Kier molecular flexibility index (Phi) is 9.16. The average molecular weight is 655 g/mol. The van der Waals surface area contributed by atoms with E-state index >= 15 is 0 Å². The predicted octanol–water partition coefficient (Wildman–Crippen LogP) is 10.5. The van der Waals surface area contributed by atoms with Crippen LogP contribution >= 0.6 is 0 Å². The van der Waals surface area contributed by atoms with Gasteiger partial charge in [0.15, 0.2) is 0 Å². The van der Waals surface area contributed by atoms with Crippen LogP contribution in [0.5, 0.6) is 0 Å². The molecule has 0 radical (unpaired) electrons. The predicted molar refractivity (Wildman–Crippen MR) is 201 cm³/mol. The maximum Gasteiger partial charge on any atom is 0.127 e. The van der Waals surface area contributed by atoms with E-state index in [4.69, 9.17) is 38.7 Å². The Morgan fingerprint density at radius 3 is 0.720 bits per heavy atom. The Morgan fingerprint density at radius 1 is 0.280 bits per heavy atom. The van der Waals surface area contributed by atoms with E-state index in [9.17, 15) is 0 Å². The fraction of sp³-hybridized carbons (Fsp3) is 0.0952. The molecule has 4 aromatic carbocycles. The molecule has 0 saturated carbocycles. The van der Waals surface area contributed by atoms with E-state index in [1.54, 1.807) is 0 Å². The van der Waals surface area contributed by atoms with Crippen molar-refractivity contribution in [2.75, 3.05) is 0 Å². The molecular weight excluding hydrogens is 621 g/mol. The van der Waals surface area contributed by atoms with Gasteiger partial charge in [-0.25, -0.2) is 9.97 Å². The molecule has 8 nitrogen and oxygen atoms in total. The van der Waals surface area contributed by atoms with Crippen molar-refractivity contribution < 1.29 is 8.83 Å². The fourth-order valence-corrected chi connectivity index (χ4v) is 5.31. The van der Waals surface area contributed by atoms with Crippen molar-refractivity contribution in [3.63, 3.8) is 0 Å². The zero-order valence-electron chi connectivity index (χ0n) is 28.2. The minimum atomic E-state index is 0.709. The molecule has 0 amide bonds. The molecule has 244 valence electrons. The summed E-state index contributed by atoms with van der Waals surface area (Å²) in [6, 6.07) is 42.4. The standard InChI is InChI=1S/C42H34N6O2/c1-27-39-7-5-8-40(47-39)28(2)44-32-13-21-37(22-14-32)50-38-25-17-34(18-26-38)46-30(4)42-10-6-9-41(48-42)29(3)45-33-15-23-36(24-16-33)49-35-19-11-31(43-27)12-20-35/h5-26H,1-4H3. The number of aryl methyl sites for hydroxylation is 4. The van der Waals surface area contributed by atoms with Gasteiger partial charge >= 0.3 is 0 Å². The van der Waals surface area contributed by atoms with Crippen molar-refractivity contribution in [2.24, 2.45) is 0 Å². The lowest BCUT2D eigenvalue weighted by atomic mass is 10.3. The molecule has 0 spiro atoms. The highest BCUT2D eigenvalue weighted by Crippen LogP contribution is 2.15. The SMILES string of the molecule is Cc1nc2ccc(cc2)oc2ccc(cc2)nc(C)c2cccc(n2)c(C)nc2ccc(cc2)oc2ccc(cc2)nc(C)c2cccc1n2. The molecule has 9 heterocycles.